The molecular weight excluding hydrogens is 843 g/mol. The van der Waals surface area contributed by atoms with E-state index < -0.39 is 5.41 Å². The van der Waals surface area contributed by atoms with Crippen molar-refractivity contribution in [1.82, 2.24) is 4.57 Å². The third-order valence-corrected chi connectivity index (χ3v) is 15.1. The molecule has 1 aromatic heterocycles. The zero-order chi connectivity index (χ0) is 46.2. The average Bonchev–Trinajstić information content (AvgIpc) is 3.93. The van der Waals surface area contributed by atoms with Gasteiger partial charge < -0.3 is 4.57 Å². The Hall–Kier alpha value is -9.04. The normalized spacial score (nSPS) is 12.7. The molecule has 0 aliphatic heterocycles. The predicted octanol–water partition coefficient (Wildman–Crippen LogP) is 18.1. The number of aromatic nitrogens is 1. The number of benzene rings is 12. The summed E-state index contributed by atoms with van der Waals surface area (Å²) in [6.45, 7) is 0. The van der Waals surface area contributed by atoms with Gasteiger partial charge in [-0.15, -0.1) is 0 Å². The number of hydrogen-bond donors (Lipinski definition) is 0. The summed E-state index contributed by atoms with van der Waals surface area (Å²) >= 11 is 0. The Balaban J connectivity index is 0.835. The lowest BCUT2D eigenvalue weighted by molar-refractivity contribution is 0.769. The zero-order valence-electron chi connectivity index (χ0n) is 38.4. The maximum Gasteiger partial charge on any atom is 0.0713 e. The second-order valence-electron chi connectivity index (χ2n) is 18.7. The largest absolute Gasteiger partial charge is 0.309 e. The molecule has 13 aromatic rings. The second-order valence-corrected chi connectivity index (χ2v) is 18.7. The van der Waals surface area contributed by atoms with Gasteiger partial charge in [-0.3, -0.25) is 0 Å². The Morgan fingerprint density at radius 2 is 0.657 bits per heavy atom. The lowest BCUT2D eigenvalue weighted by atomic mass is 9.67. The lowest BCUT2D eigenvalue weighted by Crippen LogP contribution is -2.28. The smallest absolute Gasteiger partial charge is 0.0713 e. The van der Waals surface area contributed by atoms with Crippen molar-refractivity contribution >= 4 is 43.4 Å². The fourth-order valence-electron chi connectivity index (χ4n) is 12.0. The van der Waals surface area contributed by atoms with Gasteiger partial charge in [-0.05, 0) is 136 Å². The van der Waals surface area contributed by atoms with Crippen LogP contribution in [0.5, 0.6) is 0 Å². The fraction of sp³-hybridized carbons (Fsp3) is 0.0145. The van der Waals surface area contributed by atoms with Gasteiger partial charge in [0.1, 0.15) is 0 Å². The van der Waals surface area contributed by atoms with E-state index in [0.29, 0.717) is 0 Å². The van der Waals surface area contributed by atoms with Crippen molar-refractivity contribution in [2.24, 2.45) is 0 Å². The minimum absolute atomic E-state index is 0.431. The van der Waals surface area contributed by atoms with E-state index in [1.165, 1.54) is 121 Å². The molecule has 326 valence electrons. The number of nitrogens with zero attached hydrogens (tertiary/aromatic N) is 1. The van der Waals surface area contributed by atoms with E-state index in [4.69, 9.17) is 0 Å². The highest BCUT2D eigenvalue weighted by molar-refractivity contribution is 6.21. The van der Waals surface area contributed by atoms with Gasteiger partial charge >= 0.3 is 0 Å². The highest BCUT2D eigenvalue weighted by Gasteiger charge is 2.46. The zero-order valence-corrected chi connectivity index (χ0v) is 38.4. The van der Waals surface area contributed by atoms with Gasteiger partial charge in [-0.25, -0.2) is 0 Å². The molecular formula is C69H45N. The van der Waals surface area contributed by atoms with E-state index in [9.17, 15) is 0 Å². The van der Waals surface area contributed by atoms with Crippen LogP contribution in [0.15, 0.2) is 273 Å². The molecule has 0 fully saturated rings. The summed E-state index contributed by atoms with van der Waals surface area (Å²) in [5, 5.41) is 7.54. The summed E-state index contributed by atoms with van der Waals surface area (Å²) in [6.07, 6.45) is 0. The average molecular weight is 888 g/mol. The van der Waals surface area contributed by atoms with Crippen molar-refractivity contribution in [3.05, 3.63) is 295 Å². The van der Waals surface area contributed by atoms with Crippen molar-refractivity contribution in [2.45, 2.75) is 5.41 Å². The fourth-order valence-corrected chi connectivity index (χ4v) is 12.0. The van der Waals surface area contributed by atoms with Crippen molar-refractivity contribution in [3.8, 4) is 61.3 Å². The van der Waals surface area contributed by atoms with E-state index >= 15 is 0 Å². The van der Waals surface area contributed by atoms with E-state index in [1.54, 1.807) is 0 Å². The van der Waals surface area contributed by atoms with Gasteiger partial charge in [0.2, 0.25) is 0 Å². The first-order chi connectivity index (χ1) is 34.7. The van der Waals surface area contributed by atoms with Gasteiger partial charge in [0.25, 0.3) is 0 Å². The molecule has 0 N–H and O–H groups in total. The Kier molecular flexibility index (Phi) is 9.19. The molecule has 0 amide bonds. The first kappa shape index (κ1) is 40.1. The van der Waals surface area contributed by atoms with Crippen LogP contribution in [0.25, 0.3) is 105 Å². The Morgan fingerprint density at radius 3 is 1.26 bits per heavy atom. The molecule has 0 atom stereocenters. The molecule has 0 radical (unpaired) electrons. The van der Waals surface area contributed by atoms with E-state index in [1.807, 2.05) is 0 Å². The van der Waals surface area contributed by atoms with Crippen molar-refractivity contribution in [2.75, 3.05) is 0 Å². The Labute approximate surface area is 407 Å². The second kappa shape index (κ2) is 16.0. The molecule has 0 unspecified atom stereocenters. The molecule has 1 aliphatic carbocycles. The van der Waals surface area contributed by atoms with Gasteiger partial charge in [0.15, 0.2) is 0 Å². The summed E-state index contributed by atoms with van der Waals surface area (Å²) in [7, 11) is 0. The van der Waals surface area contributed by atoms with Crippen molar-refractivity contribution < 1.29 is 0 Å². The molecule has 12 aromatic carbocycles. The monoisotopic (exact) mass is 887 g/mol. The minimum atomic E-state index is -0.431. The molecule has 0 bridgehead atoms. The first-order valence-electron chi connectivity index (χ1n) is 24.3. The van der Waals surface area contributed by atoms with Crippen molar-refractivity contribution in [1.29, 1.82) is 0 Å². The molecule has 1 nitrogen and oxygen atoms in total. The highest BCUT2D eigenvalue weighted by Crippen LogP contribution is 2.57. The van der Waals surface area contributed by atoms with Crippen LogP contribution < -0.4 is 0 Å². The van der Waals surface area contributed by atoms with Gasteiger partial charge in [-0.2, -0.15) is 0 Å². The molecule has 1 heteroatoms. The van der Waals surface area contributed by atoms with Crippen molar-refractivity contribution in [3.63, 3.8) is 0 Å². The number of rotatable bonds is 7. The van der Waals surface area contributed by atoms with Gasteiger partial charge in [-0.1, -0.05) is 237 Å². The summed E-state index contributed by atoms with van der Waals surface area (Å²) in [4.78, 5) is 0. The first-order valence-corrected chi connectivity index (χ1v) is 24.3. The maximum absolute atomic E-state index is 2.45. The lowest BCUT2D eigenvalue weighted by Gasteiger charge is -2.34. The third kappa shape index (κ3) is 6.05. The van der Waals surface area contributed by atoms with Gasteiger partial charge in [0, 0.05) is 16.5 Å². The Morgan fingerprint density at radius 1 is 0.243 bits per heavy atom. The number of hydrogen-bond acceptors (Lipinski definition) is 0. The van der Waals surface area contributed by atoms with Crippen LogP contribution >= 0.6 is 0 Å². The van der Waals surface area contributed by atoms with Crippen LogP contribution in [0, 0.1) is 0 Å². The topological polar surface area (TPSA) is 4.93 Å². The molecule has 0 spiro atoms. The van der Waals surface area contributed by atoms with E-state index in [2.05, 4.69) is 278 Å². The number of fused-ring (bicyclic) bond motifs is 8. The summed E-state index contributed by atoms with van der Waals surface area (Å²) in [5.74, 6) is 0. The van der Waals surface area contributed by atoms with Crippen LogP contribution in [0.4, 0.5) is 0 Å². The van der Waals surface area contributed by atoms with E-state index in [0.717, 1.165) is 5.69 Å². The SMILES string of the molecule is c1ccc(-c2c3ccccc3c(-c3ccc(-n4c5ccccc5c5cc(-c6ccc(-c7ccc8c(c7)C(c7ccccc7)(c7ccccc7)c7ccccc7-8)cc6)ccc54)cc3)c3ccccc23)cc1. The summed E-state index contributed by atoms with van der Waals surface area (Å²) in [6, 6.07) is 101. The number of para-hydroxylation sites is 1. The molecule has 14 rings (SSSR count). The molecule has 70 heavy (non-hydrogen) atoms. The minimum Gasteiger partial charge on any atom is -0.309 e. The highest BCUT2D eigenvalue weighted by atomic mass is 15.0. The Bertz CT molecular complexity index is 4030. The molecule has 1 aliphatic rings. The third-order valence-electron chi connectivity index (χ3n) is 15.1. The van der Waals surface area contributed by atoms with Crippen LogP contribution in [0.1, 0.15) is 22.3 Å². The molecule has 0 saturated heterocycles. The maximum atomic E-state index is 2.45. The summed E-state index contributed by atoms with van der Waals surface area (Å²) in [5.41, 5.74) is 20.7. The summed E-state index contributed by atoms with van der Waals surface area (Å²) < 4.78 is 2.42. The standard InChI is InChI=1S/C69H45N/c1-4-18-48(19-5-1)67-58-26-10-12-28-60(58)68(61-29-13-11-27-59(61)67)49-36-40-54(41-37-49)70-65-31-17-15-25-57(65)62-44-50(39-43-66(62)70)46-32-34-47(35-33-46)51-38-42-56-55-24-14-16-30-63(55)69(64(56)45-51,52-20-6-2-7-21-52)53-22-8-3-9-23-53/h1-45H. The van der Waals surface area contributed by atoms with Crippen LogP contribution in [-0.2, 0) is 5.41 Å². The molecule has 1 heterocycles. The molecule has 0 saturated carbocycles. The van der Waals surface area contributed by atoms with Crippen LogP contribution in [-0.4, -0.2) is 4.57 Å². The quantitative estimate of drug-likeness (QED) is 0.141. The van der Waals surface area contributed by atoms with E-state index in [-0.39, 0.29) is 0 Å². The van der Waals surface area contributed by atoms with Crippen LogP contribution in [0.2, 0.25) is 0 Å². The van der Waals surface area contributed by atoms with Gasteiger partial charge in [0.05, 0.1) is 16.4 Å². The predicted molar refractivity (Wildman–Crippen MR) is 295 cm³/mol. The van der Waals surface area contributed by atoms with Crippen LogP contribution in [0.3, 0.4) is 0 Å².